The van der Waals surface area contributed by atoms with Gasteiger partial charge in [-0.2, -0.15) is 5.26 Å². The van der Waals surface area contributed by atoms with E-state index in [1.165, 1.54) is 0 Å². The smallest absolute Gasteiger partial charge is 0.130 e. The Labute approximate surface area is 71.4 Å². The molecule has 0 aliphatic carbocycles. The molecule has 0 aliphatic rings. The van der Waals surface area contributed by atoms with Gasteiger partial charge in [0.2, 0.25) is 0 Å². The van der Waals surface area contributed by atoms with E-state index in [1.54, 1.807) is 32.0 Å². The van der Waals surface area contributed by atoms with E-state index in [2.05, 4.69) is 0 Å². The zero-order valence-corrected chi connectivity index (χ0v) is 7.13. The fraction of sp³-hybridized carbons (Fsp3) is 0.300. The standard InChI is InChI=1S/C10H10FN/c1-7-4-3-5-9(10(7)11)8(2)6-12/h3-5,8H,1-2H3. The number of nitrogens with zero attached hydrogens (tertiary/aromatic N) is 1. The third-order valence-corrected chi connectivity index (χ3v) is 1.88. The molecule has 1 rings (SSSR count). The van der Waals surface area contributed by atoms with E-state index < -0.39 is 0 Å². The van der Waals surface area contributed by atoms with Crippen molar-refractivity contribution in [2.45, 2.75) is 19.8 Å². The summed E-state index contributed by atoms with van der Waals surface area (Å²) in [5, 5.41) is 8.59. The van der Waals surface area contributed by atoms with Crippen molar-refractivity contribution in [3.05, 3.63) is 35.1 Å². The quantitative estimate of drug-likeness (QED) is 0.624. The summed E-state index contributed by atoms with van der Waals surface area (Å²) in [6, 6.07) is 7.12. The summed E-state index contributed by atoms with van der Waals surface area (Å²) in [6.07, 6.45) is 0. The van der Waals surface area contributed by atoms with Gasteiger partial charge in [-0.1, -0.05) is 18.2 Å². The van der Waals surface area contributed by atoms with Gasteiger partial charge in [-0.25, -0.2) is 4.39 Å². The largest absolute Gasteiger partial charge is 0.206 e. The molecule has 1 nitrogen and oxygen atoms in total. The van der Waals surface area contributed by atoms with Crippen molar-refractivity contribution in [3.63, 3.8) is 0 Å². The number of nitriles is 1. The molecule has 0 fully saturated rings. The van der Waals surface area contributed by atoms with Gasteiger partial charge in [0.05, 0.1) is 12.0 Å². The van der Waals surface area contributed by atoms with Crippen molar-refractivity contribution in [1.29, 1.82) is 5.26 Å². The second-order valence-electron chi connectivity index (χ2n) is 2.83. The van der Waals surface area contributed by atoms with Crippen LogP contribution in [0.1, 0.15) is 24.0 Å². The van der Waals surface area contributed by atoms with Crippen LogP contribution in [0.5, 0.6) is 0 Å². The molecule has 62 valence electrons. The molecule has 0 saturated carbocycles. The summed E-state index contributed by atoms with van der Waals surface area (Å²) in [6.45, 7) is 3.39. The minimum atomic E-state index is -0.370. The lowest BCUT2D eigenvalue weighted by Gasteiger charge is -2.05. The van der Waals surface area contributed by atoms with Crippen LogP contribution in [0.25, 0.3) is 0 Å². The van der Waals surface area contributed by atoms with Crippen LogP contribution in [0.4, 0.5) is 4.39 Å². The molecule has 1 unspecified atom stereocenters. The molecule has 0 heterocycles. The van der Waals surface area contributed by atoms with Gasteiger partial charge in [-0.15, -0.1) is 0 Å². The van der Waals surface area contributed by atoms with Crippen molar-refractivity contribution in [2.75, 3.05) is 0 Å². The SMILES string of the molecule is Cc1cccc(C(C)C#N)c1F. The Kier molecular flexibility index (Phi) is 2.44. The van der Waals surface area contributed by atoms with Crippen molar-refractivity contribution in [1.82, 2.24) is 0 Å². The summed E-state index contributed by atoms with van der Waals surface area (Å²) in [4.78, 5) is 0. The fourth-order valence-corrected chi connectivity index (χ4v) is 1.07. The Morgan fingerprint density at radius 2 is 2.17 bits per heavy atom. The summed E-state index contributed by atoms with van der Waals surface area (Å²) in [7, 11) is 0. The molecular weight excluding hydrogens is 153 g/mol. The first-order valence-electron chi connectivity index (χ1n) is 3.81. The molecule has 0 bridgehead atoms. The van der Waals surface area contributed by atoms with Crippen LogP contribution in [0.15, 0.2) is 18.2 Å². The zero-order chi connectivity index (χ0) is 9.14. The molecule has 12 heavy (non-hydrogen) atoms. The minimum Gasteiger partial charge on any atom is -0.206 e. The summed E-state index contributed by atoms with van der Waals surface area (Å²) in [5.74, 6) is -0.628. The van der Waals surface area contributed by atoms with Gasteiger partial charge in [0.1, 0.15) is 5.82 Å². The highest BCUT2D eigenvalue weighted by Crippen LogP contribution is 2.19. The molecule has 0 radical (unpaired) electrons. The van der Waals surface area contributed by atoms with Gasteiger partial charge < -0.3 is 0 Å². The molecule has 0 spiro atoms. The van der Waals surface area contributed by atoms with Gasteiger partial charge in [-0.3, -0.25) is 0 Å². The van der Waals surface area contributed by atoms with E-state index in [0.717, 1.165) is 0 Å². The van der Waals surface area contributed by atoms with E-state index in [-0.39, 0.29) is 11.7 Å². The molecule has 0 aromatic heterocycles. The number of benzene rings is 1. The Bertz CT molecular complexity index is 325. The molecule has 0 aliphatic heterocycles. The predicted molar refractivity (Wildman–Crippen MR) is 45.2 cm³/mol. The summed E-state index contributed by atoms with van der Waals surface area (Å²) in [5.41, 5.74) is 1.08. The molecule has 0 saturated heterocycles. The van der Waals surface area contributed by atoms with Crippen molar-refractivity contribution in [3.8, 4) is 6.07 Å². The Balaban J connectivity index is 3.18. The summed E-state index contributed by atoms with van der Waals surface area (Å²) >= 11 is 0. The first-order chi connectivity index (χ1) is 5.66. The average Bonchev–Trinajstić information content (AvgIpc) is 2.08. The lowest BCUT2D eigenvalue weighted by atomic mass is 10.00. The van der Waals surface area contributed by atoms with Gasteiger partial charge in [0.25, 0.3) is 0 Å². The van der Waals surface area contributed by atoms with Gasteiger partial charge >= 0.3 is 0 Å². The lowest BCUT2D eigenvalue weighted by molar-refractivity contribution is 0.597. The highest BCUT2D eigenvalue weighted by molar-refractivity contribution is 5.30. The van der Waals surface area contributed by atoms with Crippen LogP contribution >= 0.6 is 0 Å². The van der Waals surface area contributed by atoms with E-state index in [4.69, 9.17) is 5.26 Å². The Morgan fingerprint density at radius 1 is 1.50 bits per heavy atom. The number of halogens is 1. The molecule has 2 heteroatoms. The van der Waals surface area contributed by atoms with E-state index in [0.29, 0.717) is 11.1 Å². The molecule has 0 amide bonds. The molecule has 1 aromatic rings. The lowest BCUT2D eigenvalue weighted by Crippen LogP contribution is -1.96. The topological polar surface area (TPSA) is 23.8 Å². The maximum absolute atomic E-state index is 13.3. The van der Waals surface area contributed by atoms with Gasteiger partial charge in [0, 0.05) is 5.56 Å². The first-order valence-corrected chi connectivity index (χ1v) is 3.81. The van der Waals surface area contributed by atoms with Crippen LogP contribution in [0.3, 0.4) is 0 Å². The van der Waals surface area contributed by atoms with Crippen LogP contribution in [-0.2, 0) is 0 Å². The highest BCUT2D eigenvalue weighted by Gasteiger charge is 2.10. The highest BCUT2D eigenvalue weighted by atomic mass is 19.1. The minimum absolute atomic E-state index is 0.258. The van der Waals surface area contributed by atoms with E-state index in [1.807, 2.05) is 6.07 Å². The van der Waals surface area contributed by atoms with Crippen LogP contribution in [-0.4, -0.2) is 0 Å². The average molecular weight is 163 g/mol. The Morgan fingerprint density at radius 3 is 2.75 bits per heavy atom. The third kappa shape index (κ3) is 1.45. The first kappa shape index (κ1) is 8.73. The molecule has 1 aromatic carbocycles. The number of rotatable bonds is 1. The van der Waals surface area contributed by atoms with Crippen molar-refractivity contribution in [2.24, 2.45) is 0 Å². The molecule has 0 N–H and O–H groups in total. The van der Waals surface area contributed by atoms with Crippen LogP contribution < -0.4 is 0 Å². The van der Waals surface area contributed by atoms with Crippen LogP contribution in [0, 0.1) is 24.1 Å². The number of hydrogen-bond donors (Lipinski definition) is 0. The predicted octanol–water partition coefficient (Wildman–Crippen LogP) is 2.76. The van der Waals surface area contributed by atoms with Gasteiger partial charge in [-0.05, 0) is 19.4 Å². The maximum atomic E-state index is 13.3. The van der Waals surface area contributed by atoms with Gasteiger partial charge in [0.15, 0.2) is 0 Å². The second kappa shape index (κ2) is 3.36. The van der Waals surface area contributed by atoms with E-state index >= 15 is 0 Å². The number of hydrogen-bond acceptors (Lipinski definition) is 1. The summed E-state index contributed by atoms with van der Waals surface area (Å²) < 4.78 is 13.3. The fourth-order valence-electron chi connectivity index (χ4n) is 1.07. The van der Waals surface area contributed by atoms with Crippen LogP contribution in [0.2, 0.25) is 0 Å². The van der Waals surface area contributed by atoms with E-state index in [9.17, 15) is 4.39 Å². The zero-order valence-electron chi connectivity index (χ0n) is 7.13. The molecular formula is C10H10FN. The van der Waals surface area contributed by atoms with Crippen molar-refractivity contribution < 1.29 is 4.39 Å². The van der Waals surface area contributed by atoms with Crippen molar-refractivity contribution >= 4 is 0 Å². The Hall–Kier alpha value is -1.36. The monoisotopic (exact) mass is 163 g/mol. The third-order valence-electron chi connectivity index (χ3n) is 1.88. The second-order valence-corrected chi connectivity index (χ2v) is 2.83. The normalized spacial score (nSPS) is 12.2. The maximum Gasteiger partial charge on any atom is 0.130 e. The number of aryl methyl sites for hydroxylation is 1. The molecule has 1 atom stereocenters.